The summed E-state index contributed by atoms with van der Waals surface area (Å²) in [5.41, 5.74) is 0. The maximum Gasteiger partial charge on any atom is 0.183 e. The van der Waals surface area contributed by atoms with Crippen LogP contribution < -0.4 is 0 Å². The molecule has 0 aromatic heterocycles. The average Bonchev–Trinajstić information content (AvgIpc) is 2.17. The van der Waals surface area contributed by atoms with Crippen molar-refractivity contribution in [2.45, 2.75) is 24.6 Å². The first kappa shape index (κ1) is 10.9. The van der Waals surface area contributed by atoms with E-state index >= 15 is 0 Å². The molecule has 0 aromatic carbocycles. The SMILES string of the molecule is COC1[C@H](O)OC[C@H](OC)[C@H]1OC. The maximum atomic E-state index is 9.40. The monoisotopic (exact) mass is 192 g/mol. The number of aliphatic hydroxyl groups is 1. The molecule has 0 bridgehead atoms. The summed E-state index contributed by atoms with van der Waals surface area (Å²) in [6.45, 7) is 0.316. The molecule has 1 heterocycles. The first-order chi connectivity index (χ1) is 6.24. The average molecular weight is 192 g/mol. The van der Waals surface area contributed by atoms with Crippen molar-refractivity contribution in [2.24, 2.45) is 0 Å². The molecule has 78 valence electrons. The van der Waals surface area contributed by atoms with Crippen LogP contribution in [-0.2, 0) is 18.9 Å². The highest BCUT2D eigenvalue weighted by Gasteiger charge is 2.40. The first-order valence-electron chi connectivity index (χ1n) is 4.12. The molecule has 1 fully saturated rings. The van der Waals surface area contributed by atoms with Crippen LogP contribution in [0.15, 0.2) is 0 Å². The highest BCUT2D eigenvalue weighted by Crippen LogP contribution is 2.20. The Bertz CT molecular complexity index is 151. The fourth-order valence-electron chi connectivity index (χ4n) is 1.50. The highest BCUT2D eigenvalue weighted by molar-refractivity contribution is 4.85. The minimum atomic E-state index is -0.943. The summed E-state index contributed by atoms with van der Waals surface area (Å²) in [6, 6.07) is 0. The molecule has 0 spiro atoms. The Labute approximate surface area is 77.5 Å². The lowest BCUT2D eigenvalue weighted by Crippen LogP contribution is -2.55. The lowest BCUT2D eigenvalue weighted by Gasteiger charge is -2.38. The van der Waals surface area contributed by atoms with Crippen LogP contribution in [0.2, 0.25) is 0 Å². The van der Waals surface area contributed by atoms with E-state index in [1.807, 2.05) is 0 Å². The lowest BCUT2D eigenvalue weighted by molar-refractivity contribution is -0.267. The lowest BCUT2D eigenvalue weighted by atomic mass is 10.1. The van der Waals surface area contributed by atoms with Crippen molar-refractivity contribution in [3.8, 4) is 0 Å². The van der Waals surface area contributed by atoms with E-state index in [9.17, 15) is 5.11 Å². The van der Waals surface area contributed by atoms with Gasteiger partial charge < -0.3 is 24.1 Å². The second-order valence-electron chi connectivity index (χ2n) is 2.90. The van der Waals surface area contributed by atoms with E-state index in [-0.39, 0.29) is 12.2 Å². The van der Waals surface area contributed by atoms with E-state index in [0.29, 0.717) is 6.61 Å². The molecule has 5 nitrogen and oxygen atoms in total. The normalized spacial score (nSPS) is 40.6. The molecule has 0 amide bonds. The molecule has 0 radical (unpaired) electrons. The Hall–Kier alpha value is -0.200. The van der Waals surface area contributed by atoms with Gasteiger partial charge in [0, 0.05) is 21.3 Å². The molecule has 1 unspecified atom stereocenters. The molecule has 1 N–H and O–H groups in total. The summed E-state index contributed by atoms with van der Waals surface area (Å²) < 4.78 is 20.4. The van der Waals surface area contributed by atoms with Crippen molar-refractivity contribution in [2.75, 3.05) is 27.9 Å². The fraction of sp³-hybridized carbons (Fsp3) is 1.00. The zero-order chi connectivity index (χ0) is 9.84. The highest BCUT2D eigenvalue weighted by atomic mass is 16.7. The van der Waals surface area contributed by atoms with Crippen molar-refractivity contribution in [1.29, 1.82) is 0 Å². The van der Waals surface area contributed by atoms with Crippen molar-refractivity contribution in [3.05, 3.63) is 0 Å². The molecule has 5 heteroatoms. The van der Waals surface area contributed by atoms with Gasteiger partial charge in [0.2, 0.25) is 0 Å². The Balaban J connectivity index is 2.64. The topological polar surface area (TPSA) is 57.2 Å². The smallest absolute Gasteiger partial charge is 0.183 e. The summed E-state index contributed by atoms with van der Waals surface area (Å²) in [5.74, 6) is 0. The van der Waals surface area contributed by atoms with Gasteiger partial charge in [-0.3, -0.25) is 0 Å². The third-order valence-electron chi connectivity index (χ3n) is 2.25. The van der Waals surface area contributed by atoms with Crippen LogP contribution in [0.1, 0.15) is 0 Å². The van der Waals surface area contributed by atoms with Crippen LogP contribution in [0.5, 0.6) is 0 Å². The standard InChI is InChI=1S/C8H16O5/c1-10-5-4-13-8(9)7(12-3)6(5)11-2/h5-9H,4H2,1-3H3/t5-,6+,7?,8+/m0/s1. The van der Waals surface area contributed by atoms with Crippen molar-refractivity contribution >= 4 is 0 Å². The predicted octanol–water partition coefficient (Wildman–Crippen LogP) is -0.620. The van der Waals surface area contributed by atoms with Gasteiger partial charge >= 0.3 is 0 Å². The third-order valence-corrected chi connectivity index (χ3v) is 2.25. The van der Waals surface area contributed by atoms with Crippen LogP contribution in [0.4, 0.5) is 0 Å². The van der Waals surface area contributed by atoms with Gasteiger partial charge in [0.25, 0.3) is 0 Å². The Morgan fingerprint density at radius 2 is 1.69 bits per heavy atom. The van der Waals surface area contributed by atoms with E-state index in [2.05, 4.69) is 0 Å². The summed E-state index contributed by atoms with van der Waals surface area (Å²) in [5, 5.41) is 9.40. The van der Waals surface area contributed by atoms with Gasteiger partial charge in [0.1, 0.15) is 18.3 Å². The van der Waals surface area contributed by atoms with E-state index in [0.717, 1.165) is 0 Å². The zero-order valence-electron chi connectivity index (χ0n) is 8.10. The van der Waals surface area contributed by atoms with Gasteiger partial charge in [-0.15, -0.1) is 0 Å². The van der Waals surface area contributed by atoms with Crippen LogP contribution in [-0.4, -0.2) is 57.6 Å². The summed E-state index contributed by atoms with van der Waals surface area (Å²) >= 11 is 0. The Kier molecular flexibility index (Phi) is 4.08. The van der Waals surface area contributed by atoms with Gasteiger partial charge in [0.05, 0.1) is 6.61 Å². The Morgan fingerprint density at radius 3 is 2.15 bits per heavy atom. The predicted molar refractivity (Wildman–Crippen MR) is 44.3 cm³/mol. The number of methoxy groups -OCH3 is 3. The number of ether oxygens (including phenoxy) is 4. The van der Waals surface area contributed by atoms with E-state index in [1.165, 1.54) is 7.11 Å². The van der Waals surface area contributed by atoms with Crippen LogP contribution in [0.3, 0.4) is 0 Å². The van der Waals surface area contributed by atoms with Crippen LogP contribution >= 0.6 is 0 Å². The molecule has 1 aliphatic heterocycles. The second-order valence-corrected chi connectivity index (χ2v) is 2.90. The maximum absolute atomic E-state index is 9.40. The molecule has 1 rings (SSSR count). The molecule has 13 heavy (non-hydrogen) atoms. The molecule has 0 saturated carbocycles. The van der Waals surface area contributed by atoms with Crippen molar-refractivity contribution in [3.63, 3.8) is 0 Å². The van der Waals surface area contributed by atoms with Crippen molar-refractivity contribution in [1.82, 2.24) is 0 Å². The molecular formula is C8H16O5. The molecule has 4 atom stereocenters. The number of hydrogen-bond acceptors (Lipinski definition) is 5. The van der Waals surface area contributed by atoms with Gasteiger partial charge in [-0.25, -0.2) is 0 Å². The Morgan fingerprint density at radius 1 is 1.08 bits per heavy atom. The van der Waals surface area contributed by atoms with Gasteiger partial charge in [-0.1, -0.05) is 0 Å². The number of rotatable bonds is 3. The van der Waals surface area contributed by atoms with Crippen LogP contribution in [0, 0.1) is 0 Å². The molecule has 0 aromatic rings. The minimum absolute atomic E-state index is 0.196. The zero-order valence-corrected chi connectivity index (χ0v) is 8.10. The molecule has 1 saturated heterocycles. The fourth-order valence-corrected chi connectivity index (χ4v) is 1.50. The molecule has 0 aliphatic carbocycles. The number of aliphatic hydroxyl groups excluding tert-OH is 1. The third kappa shape index (κ3) is 2.18. The second kappa shape index (κ2) is 4.88. The summed E-state index contributed by atoms with van der Waals surface area (Å²) in [7, 11) is 4.63. The molecule has 1 aliphatic rings. The van der Waals surface area contributed by atoms with E-state index < -0.39 is 12.4 Å². The van der Waals surface area contributed by atoms with Crippen LogP contribution in [0.25, 0.3) is 0 Å². The first-order valence-corrected chi connectivity index (χ1v) is 4.12. The largest absolute Gasteiger partial charge is 0.376 e. The summed E-state index contributed by atoms with van der Waals surface area (Å²) in [6.07, 6.45) is -1.93. The minimum Gasteiger partial charge on any atom is -0.376 e. The van der Waals surface area contributed by atoms with Crippen molar-refractivity contribution < 1.29 is 24.1 Å². The summed E-state index contributed by atoms with van der Waals surface area (Å²) in [4.78, 5) is 0. The van der Waals surface area contributed by atoms with Gasteiger partial charge in [-0.05, 0) is 0 Å². The molecular weight excluding hydrogens is 176 g/mol. The van der Waals surface area contributed by atoms with E-state index in [4.69, 9.17) is 18.9 Å². The quantitative estimate of drug-likeness (QED) is 0.646. The van der Waals surface area contributed by atoms with E-state index in [1.54, 1.807) is 14.2 Å². The van der Waals surface area contributed by atoms with Gasteiger partial charge in [-0.2, -0.15) is 0 Å². The number of hydrogen-bond donors (Lipinski definition) is 1. The van der Waals surface area contributed by atoms with Gasteiger partial charge in [0.15, 0.2) is 6.29 Å².